The Bertz CT molecular complexity index is 607. The van der Waals surface area contributed by atoms with Crippen LogP contribution >= 0.6 is 0 Å². The minimum absolute atomic E-state index is 0.178. The number of aromatic carboxylic acids is 1. The van der Waals surface area contributed by atoms with Gasteiger partial charge in [-0.25, -0.2) is 14.5 Å². The minimum atomic E-state index is -1.26. The smallest absolute Gasteiger partial charge is 0.335 e. The molecule has 0 saturated heterocycles. The zero-order chi connectivity index (χ0) is 13.8. The summed E-state index contributed by atoms with van der Waals surface area (Å²) in [5, 5.41) is 12.8. The third-order valence-electron chi connectivity index (χ3n) is 2.62. The first-order valence-corrected chi connectivity index (χ1v) is 7.02. The molecule has 1 atom stereocenters. The van der Waals surface area contributed by atoms with Gasteiger partial charge in [0.25, 0.3) is 0 Å². The summed E-state index contributed by atoms with van der Waals surface area (Å²) in [6.45, 7) is 2.60. The maximum absolute atomic E-state index is 12.1. The molecule has 0 saturated carbocycles. The Labute approximate surface area is 112 Å². The Morgan fingerprint density at radius 1 is 1.37 bits per heavy atom. The molecule has 0 fully saturated rings. The van der Waals surface area contributed by atoms with E-state index in [1.54, 1.807) is 16.8 Å². The number of hydrogen-bond donors (Lipinski definition) is 1. The molecule has 1 aromatic heterocycles. The van der Waals surface area contributed by atoms with E-state index < -0.39 is 16.8 Å². The molecule has 1 heterocycles. The summed E-state index contributed by atoms with van der Waals surface area (Å²) in [5.74, 6) is -0.0773. The largest absolute Gasteiger partial charge is 0.478 e. The molecule has 0 bridgehead atoms. The fraction of sp³-hybridized carbons (Fsp3) is 0.250. The van der Waals surface area contributed by atoms with Gasteiger partial charge in [0.15, 0.2) is 0 Å². The molecule has 6 nitrogen and oxygen atoms in total. The van der Waals surface area contributed by atoms with E-state index in [9.17, 15) is 9.00 Å². The SMILES string of the molecule is CCn1ncnc1CS(=O)c1ccc(C(=O)O)cc1. The molecule has 2 rings (SSSR count). The summed E-state index contributed by atoms with van der Waals surface area (Å²) in [7, 11) is -1.26. The van der Waals surface area contributed by atoms with Crippen LogP contribution in [-0.4, -0.2) is 30.0 Å². The van der Waals surface area contributed by atoms with E-state index in [2.05, 4.69) is 10.1 Å². The van der Waals surface area contributed by atoms with Crippen molar-refractivity contribution in [3.05, 3.63) is 42.0 Å². The number of hydrogen-bond acceptors (Lipinski definition) is 4. The van der Waals surface area contributed by atoms with Crippen molar-refractivity contribution in [2.24, 2.45) is 0 Å². The maximum atomic E-state index is 12.1. The fourth-order valence-corrected chi connectivity index (χ4v) is 2.68. The lowest BCUT2D eigenvalue weighted by Crippen LogP contribution is -2.07. The maximum Gasteiger partial charge on any atom is 0.335 e. The van der Waals surface area contributed by atoms with Crippen LogP contribution in [0.1, 0.15) is 23.1 Å². The summed E-state index contributed by atoms with van der Waals surface area (Å²) < 4.78 is 13.8. The first kappa shape index (κ1) is 13.4. The molecule has 19 heavy (non-hydrogen) atoms. The normalized spacial score (nSPS) is 12.3. The number of rotatable bonds is 5. The molecule has 2 aromatic rings. The number of benzene rings is 1. The second kappa shape index (κ2) is 5.75. The summed E-state index contributed by atoms with van der Waals surface area (Å²) in [6.07, 6.45) is 1.43. The standard InChI is InChI=1S/C12H13N3O3S/c1-2-15-11(13-8-14-15)7-19(18)10-5-3-9(4-6-10)12(16)17/h3-6,8H,2,7H2,1H3,(H,16,17). The molecule has 0 aliphatic rings. The molecule has 0 amide bonds. The van der Waals surface area contributed by atoms with Gasteiger partial charge in [-0.1, -0.05) is 0 Å². The number of nitrogens with zero attached hydrogens (tertiary/aromatic N) is 3. The molecular formula is C12H13N3O3S. The van der Waals surface area contributed by atoms with Crippen LogP contribution in [-0.2, 0) is 23.1 Å². The molecular weight excluding hydrogens is 266 g/mol. The molecule has 1 unspecified atom stereocenters. The highest BCUT2D eigenvalue weighted by Gasteiger charge is 2.11. The molecule has 1 N–H and O–H groups in total. The summed E-state index contributed by atoms with van der Waals surface area (Å²) in [6, 6.07) is 6.01. The van der Waals surface area contributed by atoms with Gasteiger partial charge in [-0.15, -0.1) is 0 Å². The quantitative estimate of drug-likeness (QED) is 0.891. The van der Waals surface area contributed by atoms with Crippen molar-refractivity contribution in [3.63, 3.8) is 0 Å². The van der Waals surface area contributed by atoms with Crippen molar-refractivity contribution < 1.29 is 14.1 Å². The van der Waals surface area contributed by atoms with E-state index in [0.717, 1.165) is 0 Å². The van der Waals surface area contributed by atoms with E-state index in [1.165, 1.54) is 18.5 Å². The highest BCUT2D eigenvalue weighted by molar-refractivity contribution is 7.84. The number of carboxylic acid groups (broad SMARTS) is 1. The van der Waals surface area contributed by atoms with E-state index in [1.807, 2.05) is 6.92 Å². The van der Waals surface area contributed by atoms with E-state index in [4.69, 9.17) is 5.11 Å². The summed E-state index contributed by atoms with van der Waals surface area (Å²) in [5.41, 5.74) is 0.178. The number of aryl methyl sites for hydroxylation is 1. The van der Waals surface area contributed by atoms with Gasteiger partial charge in [0.05, 0.1) is 22.1 Å². The van der Waals surface area contributed by atoms with Gasteiger partial charge in [-0.05, 0) is 31.2 Å². The van der Waals surface area contributed by atoms with Gasteiger partial charge in [0.2, 0.25) is 0 Å². The van der Waals surface area contributed by atoms with Crippen LogP contribution in [0.3, 0.4) is 0 Å². The van der Waals surface area contributed by atoms with Crippen molar-refractivity contribution in [1.29, 1.82) is 0 Å². The third-order valence-corrected chi connectivity index (χ3v) is 3.94. The van der Waals surface area contributed by atoms with Gasteiger partial charge in [-0.2, -0.15) is 5.10 Å². The van der Waals surface area contributed by atoms with Crippen molar-refractivity contribution in [2.75, 3.05) is 0 Å². The van der Waals surface area contributed by atoms with E-state index in [0.29, 0.717) is 17.3 Å². The van der Waals surface area contributed by atoms with Crippen LogP contribution in [0.2, 0.25) is 0 Å². The first-order chi connectivity index (χ1) is 9.11. The molecule has 0 aliphatic carbocycles. The minimum Gasteiger partial charge on any atom is -0.478 e. The molecule has 7 heteroatoms. The monoisotopic (exact) mass is 279 g/mol. The van der Waals surface area contributed by atoms with Gasteiger partial charge in [0.1, 0.15) is 12.2 Å². The molecule has 0 spiro atoms. The van der Waals surface area contributed by atoms with E-state index >= 15 is 0 Å². The van der Waals surface area contributed by atoms with Crippen LogP contribution < -0.4 is 0 Å². The topological polar surface area (TPSA) is 85.1 Å². The highest BCUT2D eigenvalue weighted by atomic mass is 32.2. The summed E-state index contributed by atoms with van der Waals surface area (Å²) in [4.78, 5) is 15.4. The van der Waals surface area contributed by atoms with Crippen LogP contribution in [0.4, 0.5) is 0 Å². The number of carbonyl (C=O) groups is 1. The van der Waals surface area contributed by atoms with Crippen LogP contribution in [0.15, 0.2) is 35.5 Å². The van der Waals surface area contributed by atoms with Crippen molar-refractivity contribution in [2.45, 2.75) is 24.1 Å². The molecule has 0 radical (unpaired) electrons. The Morgan fingerprint density at radius 2 is 2.05 bits per heavy atom. The van der Waals surface area contributed by atoms with Crippen molar-refractivity contribution in [1.82, 2.24) is 14.8 Å². The highest BCUT2D eigenvalue weighted by Crippen LogP contribution is 2.12. The summed E-state index contributed by atoms with van der Waals surface area (Å²) >= 11 is 0. The van der Waals surface area contributed by atoms with Crippen LogP contribution in [0.5, 0.6) is 0 Å². The Balaban J connectivity index is 2.14. The molecule has 0 aliphatic heterocycles. The van der Waals surface area contributed by atoms with E-state index in [-0.39, 0.29) is 11.3 Å². The zero-order valence-electron chi connectivity index (χ0n) is 10.3. The lowest BCUT2D eigenvalue weighted by Gasteiger charge is -2.04. The van der Waals surface area contributed by atoms with Crippen LogP contribution in [0, 0.1) is 0 Å². The molecule has 100 valence electrons. The van der Waals surface area contributed by atoms with Gasteiger partial charge in [-0.3, -0.25) is 4.21 Å². The predicted molar refractivity (Wildman–Crippen MR) is 69.2 cm³/mol. The Morgan fingerprint density at radius 3 is 2.63 bits per heavy atom. The zero-order valence-corrected chi connectivity index (χ0v) is 11.1. The van der Waals surface area contributed by atoms with Gasteiger partial charge < -0.3 is 5.11 Å². The third kappa shape index (κ3) is 3.05. The predicted octanol–water partition coefficient (Wildman–Crippen LogP) is 1.30. The second-order valence-electron chi connectivity index (χ2n) is 3.81. The van der Waals surface area contributed by atoms with Crippen molar-refractivity contribution in [3.8, 4) is 0 Å². The lowest BCUT2D eigenvalue weighted by atomic mass is 10.2. The Hall–Kier alpha value is -2.02. The first-order valence-electron chi connectivity index (χ1n) is 5.70. The average molecular weight is 279 g/mol. The van der Waals surface area contributed by atoms with Gasteiger partial charge in [0, 0.05) is 11.4 Å². The van der Waals surface area contributed by atoms with Gasteiger partial charge >= 0.3 is 5.97 Å². The van der Waals surface area contributed by atoms with Crippen molar-refractivity contribution >= 4 is 16.8 Å². The fourth-order valence-electron chi connectivity index (χ4n) is 1.61. The molecule has 1 aromatic carbocycles. The number of aromatic nitrogens is 3. The Kier molecular flexibility index (Phi) is 4.06. The average Bonchev–Trinajstić information content (AvgIpc) is 2.86. The number of carboxylic acids is 1. The second-order valence-corrected chi connectivity index (χ2v) is 5.26. The van der Waals surface area contributed by atoms with Crippen LogP contribution in [0.25, 0.3) is 0 Å². The lowest BCUT2D eigenvalue weighted by molar-refractivity contribution is 0.0697.